The van der Waals surface area contributed by atoms with Crippen LogP contribution in [0.25, 0.3) is 42.9 Å². The van der Waals surface area contributed by atoms with E-state index >= 15 is 0 Å². The van der Waals surface area contributed by atoms with Crippen molar-refractivity contribution in [1.82, 2.24) is 30.6 Å². The first-order valence-electron chi connectivity index (χ1n) is 13.8. The van der Waals surface area contributed by atoms with Crippen LogP contribution in [0.5, 0.6) is 0 Å². The van der Waals surface area contributed by atoms with Gasteiger partial charge in [-0.25, -0.2) is 9.97 Å². The van der Waals surface area contributed by atoms with E-state index in [1.165, 1.54) is 52.1 Å². The van der Waals surface area contributed by atoms with Gasteiger partial charge >= 0.3 is 0 Å². The molecule has 6 nitrogen and oxygen atoms in total. The van der Waals surface area contributed by atoms with Gasteiger partial charge in [0.1, 0.15) is 11.6 Å². The maximum absolute atomic E-state index is 4.89. The number of aryl methyl sites for hydroxylation is 1. The van der Waals surface area contributed by atoms with Gasteiger partial charge in [-0.1, -0.05) is 25.5 Å². The van der Waals surface area contributed by atoms with Gasteiger partial charge in [0, 0.05) is 9.75 Å². The van der Waals surface area contributed by atoms with Gasteiger partial charge in [-0.2, -0.15) is 0 Å². The summed E-state index contributed by atoms with van der Waals surface area (Å²) < 4.78 is 0. The van der Waals surface area contributed by atoms with E-state index in [-0.39, 0.29) is 0 Å². The Labute approximate surface area is 221 Å². The van der Waals surface area contributed by atoms with Gasteiger partial charge in [0.2, 0.25) is 0 Å². The molecular weight excluding hydrogens is 476 g/mol. The van der Waals surface area contributed by atoms with Crippen LogP contribution < -0.4 is 10.6 Å². The van der Waals surface area contributed by atoms with E-state index < -0.39 is 0 Å². The molecule has 0 saturated carbocycles. The monoisotopic (exact) mass is 510 g/mol. The van der Waals surface area contributed by atoms with E-state index in [9.17, 15) is 0 Å². The normalized spacial score (nSPS) is 20.0. The fourth-order valence-electron chi connectivity index (χ4n) is 5.89. The molecule has 7 rings (SSSR count). The van der Waals surface area contributed by atoms with E-state index in [2.05, 4.69) is 70.0 Å². The molecule has 2 aromatic carbocycles. The second-order valence-electron chi connectivity index (χ2n) is 10.6. The number of nitrogens with one attached hydrogen (secondary N) is 4. The summed E-state index contributed by atoms with van der Waals surface area (Å²) >= 11 is 1.90. The second-order valence-corrected chi connectivity index (χ2v) is 11.6. The molecule has 2 aliphatic heterocycles. The average molecular weight is 511 g/mol. The van der Waals surface area contributed by atoms with Crippen LogP contribution in [0.3, 0.4) is 0 Å². The minimum absolute atomic E-state index is 0.353. The number of aromatic amines is 2. The number of hydrogen-bond donors (Lipinski definition) is 4. The van der Waals surface area contributed by atoms with Crippen LogP contribution >= 0.6 is 11.3 Å². The van der Waals surface area contributed by atoms with Crippen molar-refractivity contribution in [3.8, 4) is 20.9 Å². The molecule has 0 bridgehead atoms. The van der Waals surface area contributed by atoms with Crippen LogP contribution in [-0.2, 0) is 6.42 Å². The third-order valence-electron chi connectivity index (χ3n) is 7.94. The molecular formula is C30H34N6S. The van der Waals surface area contributed by atoms with Gasteiger partial charge < -0.3 is 20.6 Å². The van der Waals surface area contributed by atoms with Crippen molar-refractivity contribution in [3.05, 3.63) is 59.7 Å². The highest BCUT2D eigenvalue weighted by molar-refractivity contribution is 7.19. The molecule has 2 aliphatic rings. The summed E-state index contributed by atoms with van der Waals surface area (Å²) in [5, 5.41) is 7.12. The van der Waals surface area contributed by atoms with Gasteiger partial charge in [-0.15, -0.1) is 11.3 Å². The van der Waals surface area contributed by atoms with Crippen molar-refractivity contribution in [2.24, 2.45) is 0 Å². The SMILES string of the molecule is CCCCc1cc(-c2ccc3nc([C@@H]4CCCN4)[nH]c3c2)sc1-c1ccc2nc(C3CCCN3)[nH]c2c1. The van der Waals surface area contributed by atoms with Crippen molar-refractivity contribution in [2.75, 3.05) is 13.1 Å². The number of thiophene rings is 1. The average Bonchev–Trinajstić information content (AvgIpc) is 3.74. The number of fused-ring (bicyclic) bond motifs is 2. The molecule has 5 aromatic rings. The van der Waals surface area contributed by atoms with E-state index in [4.69, 9.17) is 9.97 Å². The van der Waals surface area contributed by atoms with Crippen molar-refractivity contribution in [1.29, 1.82) is 0 Å². The number of nitrogens with zero attached hydrogens (tertiary/aromatic N) is 2. The molecule has 37 heavy (non-hydrogen) atoms. The fraction of sp³-hybridized carbons (Fsp3) is 0.400. The zero-order chi connectivity index (χ0) is 24.8. The molecule has 4 N–H and O–H groups in total. The predicted molar refractivity (Wildman–Crippen MR) is 153 cm³/mol. The lowest BCUT2D eigenvalue weighted by molar-refractivity contribution is 0.614. The molecule has 5 heterocycles. The highest BCUT2D eigenvalue weighted by Crippen LogP contribution is 2.40. The summed E-state index contributed by atoms with van der Waals surface area (Å²) in [4.78, 5) is 19.7. The number of benzene rings is 2. The summed E-state index contributed by atoms with van der Waals surface area (Å²) in [6.07, 6.45) is 8.24. The van der Waals surface area contributed by atoms with Gasteiger partial charge in [0.05, 0.1) is 34.2 Å². The first kappa shape index (κ1) is 23.1. The first-order chi connectivity index (χ1) is 18.2. The van der Waals surface area contributed by atoms with Crippen molar-refractivity contribution in [2.45, 2.75) is 64.0 Å². The maximum Gasteiger partial charge on any atom is 0.124 e. The Kier molecular flexibility index (Phi) is 6.07. The van der Waals surface area contributed by atoms with Gasteiger partial charge in [-0.3, -0.25) is 0 Å². The lowest BCUT2D eigenvalue weighted by atomic mass is 10.0. The second kappa shape index (κ2) is 9.71. The van der Waals surface area contributed by atoms with Crippen LogP contribution in [0.1, 0.15) is 74.7 Å². The minimum Gasteiger partial charge on any atom is -0.341 e. The highest BCUT2D eigenvalue weighted by Gasteiger charge is 2.21. The van der Waals surface area contributed by atoms with Gasteiger partial charge in [0.15, 0.2) is 0 Å². The topological polar surface area (TPSA) is 81.4 Å². The quantitative estimate of drug-likeness (QED) is 0.190. The molecule has 3 aromatic heterocycles. The lowest BCUT2D eigenvalue weighted by Crippen LogP contribution is -2.13. The standard InChI is InChI=1S/C30H34N6S/c1-2-3-6-19-17-27(18-9-11-21-25(15-18)35-29(33-21)23-7-4-13-31-23)37-28(19)20-10-12-22-26(16-20)36-30(34-22)24-8-5-14-32-24/h9-12,15-17,23-24,31-32H,2-8,13-14H2,1H3,(H,33,35)(H,34,36)/t23-,24?/m0/s1. The number of aromatic nitrogens is 4. The van der Waals surface area contributed by atoms with E-state index in [0.29, 0.717) is 12.1 Å². The van der Waals surface area contributed by atoms with Crippen molar-refractivity contribution >= 4 is 33.4 Å². The van der Waals surface area contributed by atoms with Crippen molar-refractivity contribution < 1.29 is 0 Å². The Balaban J connectivity index is 1.24. The maximum atomic E-state index is 4.89. The Morgan fingerprint density at radius 1 is 0.811 bits per heavy atom. The number of H-pyrrole nitrogens is 2. The Morgan fingerprint density at radius 3 is 2.03 bits per heavy atom. The summed E-state index contributed by atoms with van der Waals surface area (Å²) in [6, 6.07) is 16.5. The molecule has 2 saturated heterocycles. The minimum atomic E-state index is 0.353. The Bertz CT molecular complexity index is 1550. The molecule has 0 amide bonds. The third kappa shape index (κ3) is 4.39. The predicted octanol–water partition coefficient (Wildman–Crippen LogP) is 7.03. The van der Waals surface area contributed by atoms with E-state index in [1.807, 2.05) is 11.3 Å². The number of hydrogen-bond acceptors (Lipinski definition) is 5. The molecule has 7 heteroatoms. The van der Waals surface area contributed by atoms with Crippen LogP contribution in [0.2, 0.25) is 0 Å². The number of imidazole rings is 2. The summed E-state index contributed by atoms with van der Waals surface area (Å²) in [5.74, 6) is 2.14. The molecule has 0 aliphatic carbocycles. The summed E-state index contributed by atoms with van der Waals surface area (Å²) in [6.45, 7) is 4.43. The Hall–Kier alpha value is -3.00. The lowest BCUT2D eigenvalue weighted by Gasteiger charge is -2.04. The van der Waals surface area contributed by atoms with Gasteiger partial charge in [0.25, 0.3) is 0 Å². The molecule has 190 valence electrons. The summed E-state index contributed by atoms with van der Waals surface area (Å²) in [7, 11) is 0. The van der Waals surface area contributed by atoms with Gasteiger partial charge in [-0.05, 0) is 98.6 Å². The molecule has 1 unspecified atom stereocenters. The molecule has 0 spiro atoms. The van der Waals surface area contributed by atoms with Crippen LogP contribution in [0, 0.1) is 0 Å². The smallest absolute Gasteiger partial charge is 0.124 e. The van der Waals surface area contributed by atoms with Crippen molar-refractivity contribution in [3.63, 3.8) is 0 Å². The largest absolute Gasteiger partial charge is 0.341 e. The molecule has 2 fully saturated rings. The molecule has 2 atom stereocenters. The fourth-order valence-corrected chi connectivity index (χ4v) is 7.09. The Morgan fingerprint density at radius 2 is 1.43 bits per heavy atom. The molecule has 0 radical (unpaired) electrons. The highest BCUT2D eigenvalue weighted by atomic mass is 32.1. The first-order valence-corrected chi connectivity index (χ1v) is 14.7. The number of rotatable bonds is 7. The number of unbranched alkanes of at least 4 members (excludes halogenated alkanes) is 1. The van der Waals surface area contributed by atoms with E-state index in [0.717, 1.165) is 66.1 Å². The van der Waals surface area contributed by atoms with Crippen LogP contribution in [-0.4, -0.2) is 33.0 Å². The van der Waals surface area contributed by atoms with Crippen LogP contribution in [0.4, 0.5) is 0 Å². The zero-order valence-electron chi connectivity index (χ0n) is 21.4. The van der Waals surface area contributed by atoms with Crippen LogP contribution in [0.15, 0.2) is 42.5 Å². The van der Waals surface area contributed by atoms with E-state index in [1.54, 1.807) is 0 Å². The third-order valence-corrected chi connectivity index (χ3v) is 9.21. The zero-order valence-corrected chi connectivity index (χ0v) is 22.2. The summed E-state index contributed by atoms with van der Waals surface area (Å²) in [5.41, 5.74) is 8.33.